The van der Waals surface area contributed by atoms with Crippen LogP contribution in [0.2, 0.25) is 0 Å². The Morgan fingerprint density at radius 2 is 1.35 bits per heavy atom. The van der Waals surface area contributed by atoms with Crippen molar-refractivity contribution in [3.63, 3.8) is 0 Å². The van der Waals surface area contributed by atoms with Gasteiger partial charge in [-0.05, 0) is 53.4 Å². The third-order valence-corrected chi connectivity index (χ3v) is 7.57. The summed E-state index contributed by atoms with van der Waals surface area (Å²) in [6, 6.07) is 23.2. The number of hydrogen-bond donors (Lipinski definition) is 0. The highest BCUT2D eigenvalue weighted by Crippen LogP contribution is 2.64. The number of rotatable bonds is 2. The molecule has 0 radical (unpaired) electrons. The molecule has 1 fully saturated rings. The van der Waals surface area contributed by atoms with Gasteiger partial charge < -0.3 is 0 Å². The molecule has 0 spiro atoms. The first-order valence-electron chi connectivity index (χ1n) is 10.6. The molecule has 2 atom stereocenters. The maximum atomic E-state index is 13.8. The van der Waals surface area contributed by atoms with Gasteiger partial charge in [0, 0.05) is 16.9 Å². The predicted octanol–water partition coefficient (Wildman–Crippen LogP) is 4.46. The Hall–Kier alpha value is -3.53. The third kappa shape index (κ3) is 2.12. The number of anilines is 1. The van der Waals surface area contributed by atoms with E-state index >= 15 is 0 Å². The number of ketones is 1. The van der Waals surface area contributed by atoms with E-state index in [0.717, 1.165) is 22.3 Å². The molecule has 7 rings (SSSR count). The minimum absolute atomic E-state index is 0.0456. The smallest absolute Gasteiger partial charge is 0.238 e. The van der Waals surface area contributed by atoms with Gasteiger partial charge in [-0.2, -0.15) is 0 Å². The molecule has 2 bridgehead atoms. The molecule has 4 nitrogen and oxygen atoms in total. The molecule has 31 heavy (non-hydrogen) atoms. The average molecular weight is 407 g/mol. The Morgan fingerprint density at radius 3 is 1.90 bits per heavy atom. The number of nitrogens with zero attached hydrogens (tertiary/aromatic N) is 1. The molecule has 1 aliphatic heterocycles. The van der Waals surface area contributed by atoms with E-state index in [9.17, 15) is 14.4 Å². The highest BCUT2D eigenvalue weighted by molar-refractivity contribution is 6.23. The summed E-state index contributed by atoms with van der Waals surface area (Å²) in [5.74, 6) is -1.34. The molecule has 1 heterocycles. The fraction of sp³-hybridized carbons (Fsp3) is 0.222. The van der Waals surface area contributed by atoms with Gasteiger partial charge >= 0.3 is 0 Å². The summed E-state index contributed by atoms with van der Waals surface area (Å²) in [5.41, 5.74) is 5.13. The minimum atomic E-state index is -0.562. The van der Waals surface area contributed by atoms with Crippen molar-refractivity contribution in [3.8, 4) is 0 Å². The molecule has 0 N–H and O–H groups in total. The van der Waals surface area contributed by atoms with Crippen molar-refractivity contribution in [2.45, 2.75) is 25.2 Å². The number of Topliss-reactive ketones (excluding diaryl/α,β-unsaturated/α-hetero) is 1. The lowest BCUT2D eigenvalue weighted by molar-refractivity contribution is -0.123. The first-order valence-corrected chi connectivity index (χ1v) is 10.6. The number of imide groups is 1. The molecule has 4 aliphatic rings. The monoisotopic (exact) mass is 407 g/mol. The second-order valence-electron chi connectivity index (χ2n) is 8.97. The largest absolute Gasteiger partial charge is 0.295 e. The SMILES string of the molecule is CC(=O)c1ccc(N2C(=O)[C@@H]3C4c5ccccc5C(C)(c5ccccc54)[C@H]3C2=O)cc1. The van der Waals surface area contributed by atoms with Crippen LogP contribution in [0.15, 0.2) is 72.8 Å². The van der Waals surface area contributed by atoms with Gasteiger partial charge in [0.25, 0.3) is 0 Å². The van der Waals surface area contributed by atoms with Crippen LogP contribution in [0.1, 0.15) is 52.4 Å². The average Bonchev–Trinajstić information content (AvgIpc) is 3.06. The predicted molar refractivity (Wildman–Crippen MR) is 117 cm³/mol. The fourth-order valence-corrected chi connectivity index (χ4v) is 6.25. The minimum Gasteiger partial charge on any atom is -0.295 e. The van der Waals surface area contributed by atoms with Crippen LogP contribution in [0, 0.1) is 11.8 Å². The lowest BCUT2D eigenvalue weighted by Crippen LogP contribution is -2.51. The van der Waals surface area contributed by atoms with Crippen molar-refractivity contribution >= 4 is 23.3 Å². The van der Waals surface area contributed by atoms with Crippen molar-refractivity contribution in [2.24, 2.45) is 11.8 Å². The highest BCUT2D eigenvalue weighted by atomic mass is 16.2. The van der Waals surface area contributed by atoms with Gasteiger partial charge in [0.15, 0.2) is 5.78 Å². The molecule has 2 amide bonds. The Labute approximate surface area is 180 Å². The van der Waals surface area contributed by atoms with Crippen LogP contribution in [0.5, 0.6) is 0 Å². The summed E-state index contributed by atoms with van der Waals surface area (Å²) >= 11 is 0. The van der Waals surface area contributed by atoms with E-state index < -0.39 is 17.3 Å². The fourth-order valence-electron chi connectivity index (χ4n) is 6.25. The van der Waals surface area contributed by atoms with Gasteiger partial charge in [-0.3, -0.25) is 14.4 Å². The Balaban J connectivity index is 1.55. The first kappa shape index (κ1) is 18.3. The molecule has 0 saturated carbocycles. The number of carbonyl (C=O) groups excluding carboxylic acids is 3. The molecule has 3 aromatic carbocycles. The zero-order valence-corrected chi connectivity index (χ0v) is 17.3. The van der Waals surface area contributed by atoms with E-state index in [1.807, 2.05) is 24.3 Å². The molecule has 4 heteroatoms. The third-order valence-electron chi connectivity index (χ3n) is 7.57. The molecule has 0 unspecified atom stereocenters. The maximum absolute atomic E-state index is 13.8. The zero-order chi connectivity index (χ0) is 21.5. The van der Waals surface area contributed by atoms with Crippen molar-refractivity contribution in [2.75, 3.05) is 4.90 Å². The van der Waals surface area contributed by atoms with Crippen LogP contribution >= 0.6 is 0 Å². The van der Waals surface area contributed by atoms with Gasteiger partial charge in [0.05, 0.1) is 17.5 Å². The zero-order valence-electron chi connectivity index (χ0n) is 17.3. The molecule has 1 saturated heterocycles. The topological polar surface area (TPSA) is 54.5 Å². The summed E-state index contributed by atoms with van der Waals surface area (Å²) in [6.07, 6.45) is 0. The molecule has 3 aromatic rings. The van der Waals surface area contributed by atoms with E-state index in [-0.39, 0.29) is 23.5 Å². The van der Waals surface area contributed by atoms with Crippen LogP contribution < -0.4 is 4.90 Å². The highest BCUT2D eigenvalue weighted by Gasteiger charge is 2.66. The van der Waals surface area contributed by atoms with Gasteiger partial charge in [-0.25, -0.2) is 4.90 Å². The number of benzene rings is 3. The summed E-state index contributed by atoms with van der Waals surface area (Å²) in [5, 5.41) is 0. The molecular weight excluding hydrogens is 386 g/mol. The Morgan fingerprint density at radius 1 is 0.806 bits per heavy atom. The van der Waals surface area contributed by atoms with Crippen LogP contribution in [-0.4, -0.2) is 17.6 Å². The van der Waals surface area contributed by atoms with E-state index in [1.54, 1.807) is 24.3 Å². The molecule has 0 aromatic heterocycles. The standard InChI is InChI=1S/C27H21NO3/c1-15(29)16-11-13-17(14-12-16)28-25(30)23-22-18-7-3-5-9-20(18)27(2,24(23)26(28)31)21-10-6-4-8-19(21)22/h3-14,22-24H,1-2H3/t22?,23-,24-,27?/m1/s1. The first-order chi connectivity index (χ1) is 14.9. The van der Waals surface area contributed by atoms with E-state index in [2.05, 4.69) is 31.2 Å². The second kappa shape index (κ2) is 6.01. The molecular formula is C27H21NO3. The molecule has 152 valence electrons. The van der Waals surface area contributed by atoms with Gasteiger partial charge in [-0.1, -0.05) is 55.5 Å². The van der Waals surface area contributed by atoms with Crippen molar-refractivity contribution in [3.05, 3.63) is 101 Å². The van der Waals surface area contributed by atoms with Crippen LogP contribution in [0.4, 0.5) is 5.69 Å². The summed E-state index contributed by atoms with van der Waals surface area (Å²) in [4.78, 5) is 40.6. The van der Waals surface area contributed by atoms with Crippen molar-refractivity contribution in [1.29, 1.82) is 0 Å². The Bertz CT molecular complexity index is 1240. The van der Waals surface area contributed by atoms with Crippen LogP contribution in [0.25, 0.3) is 0 Å². The second-order valence-corrected chi connectivity index (χ2v) is 8.97. The van der Waals surface area contributed by atoms with E-state index in [1.165, 1.54) is 11.8 Å². The molecule has 3 aliphatic carbocycles. The summed E-state index contributed by atoms with van der Waals surface area (Å²) in [7, 11) is 0. The van der Waals surface area contributed by atoms with Crippen molar-refractivity contribution in [1.82, 2.24) is 0 Å². The maximum Gasteiger partial charge on any atom is 0.238 e. The van der Waals surface area contributed by atoms with E-state index in [4.69, 9.17) is 0 Å². The summed E-state index contributed by atoms with van der Waals surface area (Å²) in [6.45, 7) is 3.62. The Kier molecular flexibility index (Phi) is 3.54. The quantitative estimate of drug-likeness (QED) is 0.466. The van der Waals surface area contributed by atoms with Gasteiger partial charge in [-0.15, -0.1) is 0 Å². The van der Waals surface area contributed by atoms with E-state index in [0.29, 0.717) is 11.3 Å². The van der Waals surface area contributed by atoms with Crippen molar-refractivity contribution < 1.29 is 14.4 Å². The van der Waals surface area contributed by atoms with Gasteiger partial charge in [0.1, 0.15) is 0 Å². The lowest BCUT2D eigenvalue weighted by Gasteiger charge is -2.52. The van der Waals surface area contributed by atoms with Gasteiger partial charge in [0.2, 0.25) is 11.8 Å². The van der Waals surface area contributed by atoms with Crippen LogP contribution in [0.3, 0.4) is 0 Å². The number of carbonyl (C=O) groups is 3. The normalized spacial score (nSPS) is 27.7. The number of hydrogen-bond acceptors (Lipinski definition) is 3. The summed E-state index contributed by atoms with van der Waals surface area (Å²) < 4.78 is 0. The lowest BCUT2D eigenvalue weighted by atomic mass is 9.48. The number of amides is 2. The van der Waals surface area contributed by atoms with Crippen LogP contribution in [-0.2, 0) is 15.0 Å².